The van der Waals surface area contributed by atoms with Crippen molar-refractivity contribution >= 4 is 17.9 Å². The predicted octanol–water partition coefficient (Wildman–Crippen LogP) is 13.6. The average Bonchev–Trinajstić information content (AvgIpc) is 3.09. The summed E-state index contributed by atoms with van der Waals surface area (Å²) in [5, 5.41) is 0. The number of carbonyl (C=O) groups excluding carboxylic acids is 3. The first-order valence-electron chi connectivity index (χ1n) is 21.9. The molecular weight excluding hydrogens is 624 g/mol. The van der Waals surface area contributed by atoms with Crippen LogP contribution < -0.4 is 0 Å². The van der Waals surface area contributed by atoms with Crippen molar-refractivity contribution in [3.05, 3.63) is 0 Å². The van der Waals surface area contributed by atoms with Crippen LogP contribution in [0.1, 0.15) is 240 Å². The maximum atomic E-state index is 12.7. The minimum Gasteiger partial charge on any atom is -0.462 e. The third-order valence-electron chi connectivity index (χ3n) is 9.79. The van der Waals surface area contributed by atoms with Crippen molar-refractivity contribution in [3.8, 4) is 0 Å². The molecule has 6 nitrogen and oxygen atoms in total. The zero-order chi connectivity index (χ0) is 36.8. The van der Waals surface area contributed by atoms with Crippen LogP contribution in [0.15, 0.2) is 0 Å². The molecule has 296 valence electrons. The highest BCUT2D eigenvalue weighted by Crippen LogP contribution is 2.16. The van der Waals surface area contributed by atoms with Crippen LogP contribution in [-0.4, -0.2) is 37.2 Å². The molecule has 0 radical (unpaired) electrons. The normalized spacial score (nSPS) is 11.9. The van der Waals surface area contributed by atoms with Gasteiger partial charge in [-0.15, -0.1) is 0 Å². The third kappa shape index (κ3) is 37.7. The van der Waals surface area contributed by atoms with E-state index in [-0.39, 0.29) is 31.1 Å². The van der Waals surface area contributed by atoms with E-state index < -0.39 is 6.10 Å². The lowest BCUT2D eigenvalue weighted by atomic mass is 10.0. The molecule has 0 fully saturated rings. The van der Waals surface area contributed by atoms with Crippen LogP contribution in [0.5, 0.6) is 0 Å². The van der Waals surface area contributed by atoms with Crippen LogP contribution >= 0.6 is 0 Å². The van der Waals surface area contributed by atoms with Crippen molar-refractivity contribution in [2.45, 2.75) is 246 Å². The topological polar surface area (TPSA) is 78.9 Å². The Hall–Kier alpha value is -1.59. The lowest BCUT2D eigenvalue weighted by Crippen LogP contribution is -2.30. The first kappa shape index (κ1) is 48.4. The lowest BCUT2D eigenvalue weighted by molar-refractivity contribution is -0.167. The smallest absolute Gasteiger partial charge is 0.306 e. The molecule has 0 saturated carbocycles. The van der Waals surface area contributed by atoms with Crippen LogP contribution in [0.2, 0.25) is 0 Å². The molecule has 0 bridgehead atoms. The fraction of sp³-hybridized carbons (Fsp3) is 0.932. The van der Waals surface area contributed by atoms with E-state index in [0.29, 0.717) is 19.3 Å². The molecule has 1 atom stereocenters. The number of unbranched alkanes of at least 4 members (excludes halogenated alkanes) is 26. The second-order valence-electron chi connectivity index (χ2n) is 15.5. The van der Waals surface area contributed by atoms with E-state index in [1.807, 2.05) is 0 Å². The van der Waals surface area contributed by atoms with Crippen molar-refractivity contribution in [3.63, 3.8) is 0 Å². The van der Waals surface area contributed by atoms with Crippen LogP contribution in [0.4, 0.5) is 0 Å². The largest absolute Gasteiger partial charge is 0.462 e. The fourth-order valence-electron chi connectivity index (χ4n) is 6.45. The van der Waals surface area contributed by atoms with Gasteiger partial charge >= 0.3 is 17.9 Å². The summed E-state index contributed by atoms with van der Waals surface area (Å²) in [7, 11) is 0. The Balaban J connectivity index is 4.28. The standard InChI is InChI=1S/C44H84O6/c1-5-7-9-11-13-14-15-16-17-20-24-28-32-36-43(46)49-39-41(38-48-42(45)35-31-27-22-12-10-8-6-2)50-44(47)37-33-29-25-21-18-19-23-26-30-34-40(3)4/h40-41H,5-39H2,1-4H3/t41-/m1/s1. The number of rotatable bonds is 39. The lowest BCUT2D eigenvalue weighted by Gasteiger charge is -2.18. The maximum Gasteiger partial charge on any atom is 0.306 e. The zero-order valence-corrected chi connectivity index (χ0v) is 33.9. The summed E-state index contributed by atoms with van der Waals surface area (Å²) in [4.78, 5) is 37.5. The molecule has 50 heavy (non-hydrogen) atoms. The molecular formula is C44H84O6. The number of hydrogen-bond acceptors (Lipinski definition) is 6. The SMILES string of the molecule is CCCCCCCCCCCCCCCC(=O)OC[C@@H](COC(=O)CCCCCCCCC)OC(=O)CCCCCCCCCCCC(C)C. The fourth-order valence-corrected chi connectivity index (χ4v) is 6.45. The van der Waals surface area contributed by atoms with Gasteiger partial charge in [-0.25, -0.2) is 0 Å². The van der Waals surface area contributed by atoms with Gasteiger partial charge in [0.15, 0.2) is 6.10 Å². The minimum absolute atomic E-state index is 0.0646. The van der Waals surface area contributed by atoms with E-state index in [1.165, 1.54) is 135 Å². The van der Waals surface area contributed by atoms with Crippen molar-refractivity contribution in [1.29, 1.82) is 0 Å². The molecule has 6 heteroatoms. The summed E-state index contributed by atoms with van der Waals surface area (Å²) in [5.41, 5.74) is 0. The third-order valence-corrected chi connectivity index (χ3v) is 9.79. The van der Waals surface area contributed by atoms with Gasteiger partial charge in [0, 0.05) is 19.3 Å². The second kappa shape index (κ2) is 38.6. The van der Waals surface area contributed by atoms with Crippen LogP contribution in [0, 0.1) is 5.92 Å². The van der Waals surface area contributed by atoms with Gasteiger partial charge in [0.05, 0.1) is 0 Å². The van der Waals surface area contributed by atoms with Gasteiger partial charge in [-0.2, -0.15) is 0 Å². The van der Waals surface area contributed by atoms with Gasteiger partial charge in [-0.05, 0) is 25.2 Å². The molecule has 0 aliphatic heterocycles. The molecule has 0 N–H and O–H groups in total. The van der Waals surface area contributed by atoms with Crippen molar-refractivity contribution in [2.24, 2.45) is 5.92 Å². The van der Waals surface area contributed by atoms with Crippen molar-refractivity contribution < 1.29 is 28.6 Å². The Labute approximate surface area is 310 Å². The average molecular weight is 709 g/mol. The molecule has 0 aromatic carbocycles. The van der Waals surface area contributed by atoms with E-state index in [1.54, 1.807) is 0 Å². The number of ether oxygens (including phenoxy) is 3. The molecule has 0 aromatic heterocycles. The molecule has 0 spiro atoms. The van der Waals surface area contributed by atoms with Gasteiger partial charge in [-0.1, -0.05) is 201 Å². The van der Waals surface area contributed by atoms with E-state index in [4.69, 9.17) is 14.2 Å². The Morgan fingerprint density at radius 3 is 0.980 bits per heavy atom. The van der Waals surface area contributed by atoms with E-state index in [0.717, 1.165) is 63.7 Å². The molecule has 0 heterocycles. The van der Waals surface area contributed by atoms with E-state index in [2.05, 4.69) is 27.7 Å². The summed E-state index contributed by atoms with van der Waals surface area (Å²) in [6.07, 6.45) is 36.7. The Morgan fingerprint density at radius 1 is 0.380 bits per heavy atom. The minimum atomic E-state index is -0.758. The van der Waals surface area contributed by atoms with Gasteiger partial charge in [-0.3, -0.25) is 14.4 Å². The highest BCUT2D eigenvalue weighted by atomic mass is 16.6. The molecule has 0 rings (SSSR count). The van der Waals surface area contributed by atoms with E-state index >= 15 is 0 Å². The maximum absolute atomic E-state index is 12.7. The Bertz CT molecular complexity index is 751. The molecule has 0 aromatic rings. The van der Waals surface area contributed by atoms with Crippen LogP contribution in [0.25, 0.3) is 0 Å². The molecule has 0 saturated heterocycles. The van der Waals surface area contributed by atoms with Crippen molar-refractivity contribution in [2.75, 3.05) is 13.2 Å². The predicted molar refractivity (Wildman–Crippen MR) is 210 cm³/mol. The summed E-state index contributed by atoms with van der Waals surface area (Å²) >= 11 is 0. The molecule has 0 aliphatic carbocycles. The first-order valence-corrected chi connectivity index (χ1v) is 21.9. The Morgan fingerprint density at radius 2 is 0.660 bits per heavy atom. The molecule has 0 amide bonds. The van der Waals surface area contributed by atoms with Gasteiger partial charge in [0.25, 0.3) is 0 Å². The molecule has 0 unspecified atom stereocenters. The first-order chi connectivity index (χ1) is 24.4. The second-order valence-corrected chi connectivity index (χ2v) is 15.5. The van der Waals surface area contributed by atoms with Crippen molar-refractivity contribution in [1.82, 2.24) is 0 Å². The van der Waals surface area contributed by atoms with Gasteiger partial charge in [0.1, 0.15) is 13.2 Å². The Kier molecular flexibility index (Phi) is 37.4. The van der Waals surface area contributed by atoms with Crippen LogP contribution in [0.3, 0.4) is 0 Å². The number of carbonyl (C=O) groups is 3. The van der Waals surface area contributed by atoms with Crippen LogP contribution in [-0.2, 0) is 28.6 Å². The van der Waals surface area contributed by atoms with Gasteiger partial charge < -0.3 is 14.2 Å². The zero-order valence-electron chi connectivity index (χ0n) is 33.9. The summed E-state index contributed by atoms with van der Waals surface area (Å²) in [6, 6.07) is 0. The highest BCUT2D eigenvalue weighted by Gasteiger charge is 2.19. The highest BCUT2D eigenvalue weighted by molar-refractivity contribution is 5.71. The number of esters is 3. The monoisotopic (exact) mass is 709 g/mol. The molecule has 0 aliphatic rings. The summed E-state index contributed by atoms with van der Waals surface area (Å²) < 4.78 is 16.6. The number of hydrogen-bond donors (Lipinski definition) is 0. The van der Waals surface area contributed by atoms with E-state index in [9.17, 15) is 14.4 Å². The summed E-state index contributed by atoms with van der Waals surface area (Å²) in [6.45, 7) is 8.93. The quantitative estimate of drug-likeness (QED) is 0.0359. The summed E-state index contributed by atoms with van der Waals surface area (Å²) in [5.74, 6) is -0.0578. The van der Waals surface area contributed by atoms with Gasteiger partial charge in [0.2, 0.25) is 0 Å².